The van der Waals surface area contributed by atoms with Crippen molar-refractivity contribution < 1.29 is 14.3 Å². The fraction of sp³-hybridized carbons (Fsp3) is 0.571. The van der Waals surface area contributed by atoms with E-state index in [1.54, 1.807) is 23.8 Å². The summed E-state index contributed by atoms with van der Waals surface area (Å²) < 4.78 is 6.85. The van der Waals surface area contributed by atoms with Crippen LogP contribution in [-0.2, 0) is 16.1 Å². The molecule has 1 unspecified atom stereocenters. The summed E-state index contributed by atoms with van der Waals surface area (Å²) in [4.78, 5) is 23.8. The van der Waals surface area contributed by atoms with Gasteiger partial charge in [0.05, 0.1) is 5.69 Å². The maximum atomic E-state index is 12.0. The molecule has 0 saturated carbocycles. The largest absolute Gasteiger partial charge is 0.448 e. The number of carbonyl (C=O) groups excluding carboxylic acids is 2. The number of esters is 1. The van der Waals surface area contributed by atoms with Crippen molar-refractivity contribution in [3.05, 3.63) is 18.0 Å². The lowest BCUT2D eigenvalue weighted by atomic mass is 10.2. The number of nitrogens with one attached hydrogen (secondary N) is 1. The van der Waals surface area contributed by atoms with Gasteiger partial charge in [-0.1, -0.05) is 13.8 Å². The number of hydrogen-bond acceptors (Lipinski definition) is 4. The highest BCUT2D eigenvalue weighted by Gasteiger charge is 2.21. The molecule has 1 aromatic heterocycles. The highest BCUT2D eigenvalue weighted by molar-refractivity contribution is 5.91. The fourth-order valence-corrected chi connectivity index (χ4v) is 1.69. The number of hydrogen-bond donors (Lipinski definition) is 2. The number of carbonyl (C=O) groups is 2. The average Bonchev–Trinajstić information content (AvgIpc) is 2.76. The first-order valence-corrected chi connectivity index (χ1v) is 6.79. The van der Waals surface area contributed by atoms with E-state index >= 15 is 0 Å². The van der Waals surface area contributed by atoms with Crippen molar-refractivity contribution >= 4 is 17.6 Å². The van der Waals surface area contributed by atoms with Gasteiger partial charge in [-0.2, -0.15) is 0 Å². The van der Waals surface area contributed by atoms with Crippen molar-refractivity contribution in [1.29, 1.82) is 0 Å². The van der Waals surface area contributed by atoms with Crippen LogP contribution in [0.3, 0.4) is 0 Å². The van der Waals surface area contributed by atoms with Gasteiger partial charge in [-0.3, -0.25) is 4.79 Å². The van der Waals surface area contributed by atoms with Crippen LogP contribution in [0.15, 0.2) is 12.3 Å². The number of rotatable bonds is 6. The number of aromatic nitrogens is 1. The Labute approximate surface area is 119 Å². The number of aryl methyl sites for hydroxylation is 1. The van der Waals surface area contributed by atoms with E-state index in [2.05, 4.69) is 5.32 Å². The van der Waals surface area contributed by atoms with E-state index in [-0.39, 0.29) is 5.91 Å². The molecule has 1 aromatic rings. The summed E-state index contributed by atoms with van der Waals surface area (Å²) in [5, 5.41) is 2.72. The van der Waals surface area contributed by atoms with Crippen LogP contribution in [0.4, 0.5) is 5.69 Å². The number of amides is 1. The number of anilines is 1. The Morgan fingerprint density at radius 3 is 2.60 bits per heavy atom. The van der Waals surface area contributed by atoms with Gasteiger partial charge in [0, 0.05) is 19.3 Å². The van der Waals surface area contributed by atoms with Gasteiger partial charge in [-0.25, -0.2) is 4.79 Å². The number of ether oxygens (including phenoxy) is 1. The normalized spacial score (nSPS) is 12.2. The number of nitrogens with two attached hydrogens (primary N) is 1. The second-order valence-corrected chi connectivity index (χ2v) is 5.13. The summed E-state index contributed by atoms with van der Waals surface area (Å²) in [6, 6.07) is 1.55. The van der Waals surface area contributed by atoms with Crippen LogP contribution < -0.4 is 11.1 Å². The maximum Gasteiger partial charge on any atom is 0.355 e. The molecule has 1 rings (SSSR count). The van der Waals surface area contributed by atoms with Gasteiger partial charge in [0.2, 0.25) is 0 Å². The molecule has 0 spiro atoms. The van der Waals surface area contributed by atoms with Crippen molar-refractivity contribution in [3.8, 4) is 0 Å². The van der Waals surface area contributed by atoms with Crippen molar-refractivity contribution in [2.24, 2.45) is 5.92 Å². The second-order valence-electron chi connectivity index (χ2n) is 5.13. The molecule has 20 heavy (non-hydrogen) atoms. The molecule has 1 atom stereocenters. The molecule has 3 N–H and O–H groups in total. The van der Waals surface area contributed by atoms with Crippen molar-refractivity contribution in [2.45, 2.75) is 40.3 Å². The molecule has 0 aliphatic heterocycles. The molecule has 6 nitrogen and oxygen atoms in total. The summed E-state index contributed by atoms with van der Waals surface area (Å²) >= 11 is 0. The van der Waals surface area contributed by atoms with Crippen LogP contribution in [0.1, 0.15) is 38.2 Å². The van der Waals surface area contributed by atoms with E-state index < -0.39 is 12.1 Å². The molecule has 1 heterocycles. The Kier molecular flexibility index (Phi) is 5.61. The van der Waals surface area contributed by atoms with E-state index in [0.29, 0.717) is 30.4 Å². The molecular weight excluding hydrogens is 258 g/mol. The molecule has 6 heteroatoms. The molecular formula is C14H23N3O3. The molecule has 0 radical (unpaired) electrons. The first kappa shape index (κ1) is 16.1. The molecule has 1 amide bonds. The Morgan fingerprint density at radius 2 is 2.05 bits per heavy atom. The molecule has 0 fully saturated rings. The van der Waals surface area contributed by atoms with Gasteiger partial charge in [-0.15, -0.1) is 0 Å². The van der Waals surface area contributed by atoms with Crippen LogP contribution in [0.25, 0.3) is 0 Å². The number of nitrogen functional groups attached to an aromatic ring is 1. The topological polar surface area (TPSA) is 86.3 Å². The van der Waals surface area contributed by atoms with E-state index in [4.69, 9.17) is 10.5 Å². The van der Waals surface area contributed by atoms with E-state index in [0.717, 1.165) is 0 Å². The van der Waals surface area contributed by atoms with Gasteiger partial charge < -0.3 is 20.4 Å². The zero-order valence-corrected chi connectivity index (χ0v) is 12.5. The third-order valence-corrected chi connectivity index (χ3v) is 2.81. The monoisotopic (exact) mass is 281 g/mol. The smallest absolute Gasteiger partial charge is 0.355 e. The Balaban J connectivity index is 2.63. The first-order chi connectivity index (χ1) is 9.35. The van der Waals surface area contributed by atoms with Gasteiger partial charge in [0.25, 0.3) is 5.91 Å². The average molecular weight is 281 g/mol. The van der Waals surface area contributed by atoms with Crippen LogP contribution in [0.2, 0.25) is 0 Å². The lowest BCUT2D eigenvalue weighted by Crippen LogP contribution is -2.37. The second kappa shape index (κ2) is 6.98. The van der Waals surface area contributed by atoms with Crippen molar-refractivity contribution in [2.75, 3.05) is 12.3 Å². The van der Waals surface area contributed by atoms with Gasteiger partial charge in [0.15, 0.2) is 6.10 Å². The van der Waals surface area contributed by atoms with Crippen molar-refractivity contribution in [3.63, 3.8) is 0 Å². The van der Waals surface area contributed by atoms with Crippen LogP contribution in [0, 0.1) is 5.92 Å². The summed E-state index contributed by atoms with van der Waals surface area (Å²) in [5.41, 5.74) is 6.51. The standard InChI is InChI=1S/C14H23N3O3/c1-5-17-8-11(15)6-12(17)14(19)20-10(4)13(18)16-7-9(2)3/h6,8-10H,5,7,15H2,1-4H3,(H,16,18). The predicted molar refractivity (Wildman–Crippen MR) is 77.2 cm³/mol. The van der Waals surface area contributed by atoms with E-state index in [9.17, 15) is 9.59 Å². The Bertz CT molecular complexity index is 480. The summed E-state index contributed by atoms with van der Waals surface area (Å²) in [5.74, 6) is -0.496. The van der Waals surface area contributed by atoms with Crippen LogP contribution in [0.5, 0.6) is 0 Å². The zero-order chi connectivity index (χ0) is 15.3. The summed E-state index contributed by atoms with van der Waals surface area (Å²) in [6.45, 7) is 8.60. The van der Waals surface area contributed by atoms with Gasteiger partial charge in [-0.05, 0) is 25.8 Å². The fourth-order valence-electron chi connectivity index (χ4n) is 1.69. The minimum atomic E-state index is -0.831. The highest BCUT2D eigenvalue weighted by atomic mass is 16.5. The summed E-state index contributed by atoms with van der Waals surface area (Å²) in [6.07, 6.45) is 0.836. The van der Waals surface area contributed by atoms with Gasteiger partial charge in [0.1, 0.15) is 5.69 Å². The van der Waals surface area contributed by atoms with E-state index in [1.807, 2.05) is 20.8 Å². The van der Waals surface area contributed by atoms with Gasteiger partial charge >= 0.3 is 5.97 Å². The molecule has 0 aliphatic carbocycles. The molecule has 0 aliphatic rings. The quantitative estimate of drug-likeness (QED) is 0.772. The first-order valence-electron chi connectivity index (χ1n) is 6.79. The van der Waals surface area contributed by atoms with Crippen LogP contribution in [-0.4, -0.2) is 29.1 Å². The number of nitrogens with zero attached hydrogens (tertiary/aromatic N) is 1. The Hall–Kier alpha value is -1.98. The third kappa shape index (κ3) is 4.29. The SMILES string of the molecule is CCn1cc(N)cc1C(=O)OC(C)C(=O)NCC(C)C. The molecule has 0 bridgehead atoms. The molecule has 0 saturated heterocycles. The highest BCUT2D eigenvalue weighted by Crippen LogP contribution is 2.12. The Morgan fingerprint density at radius 1 is 1.40 bits per heavy atom. The molecule has 112 valence electrons. The van der Waals surface area contributed by atoms with Crippen molar-refractivity contribution in [1.82, 2.24) is 9.88 Å². The van der Waals surface area contributed by atoms with Crippen LogP contribution >= 0.6 is 0 Å². The predicted octanol–water partition coefficient (Wildman–Crippen LogP) is 1.41. The lowest BCUT2D eigenvalue weighted by molar-refractivity contribution is -0.129. The maximum absolute atomic E-state index is 12.0. The lowest BCUT2D eigenvalue weighted by Gasteiger charge is -2.15. The molecule has 0 aromatic carbocycles. The third-order valence-electron chi connectivity index (χ3n) is 2.81. The minimum Gasteiger partial charge on any atom is -0.448 e. The van der Waals surface area contributed by atoms with E-state index in [1.165, 1.54) is 0 Å². The zero-order valence-electron chi connectivity index (χ0n) is 12.5. The minimum absolute atomic E-state index is 0.297. The summed E-state index contributed by atoms with van der Waals surface area (Å²) in [7, 11) is 0.